The number of phenols is 1. The highest BCUT2D eigenvalue weighted by molar-refractivity contribution is 9.10. The van der Waals surface area contributed by atoms with Crippen LogP contribution in [0.3, 0.4) is 0 Å². The van der Waals surface area contributed by atoms with E-state index in [9.17, 15) is 9.50 Å². The summed E-state index contributed by atoms with van der Waals surface area (Å²) < 4.78 is 14.7. The van der Waals surface area contributed by atoms with Crippen molar-refractivity contribution in [2.45, 2.75) is 25.8 Å². The maximum absolute atomic E-state index is 14.1. The molecule has 1 saturated heterocycles. The minimum absolute atomic E-state index is 0.0389. The van der Waals surface area contributed by atoms with Gasteiger partial charge in [-0.25, -0.2) is 4.39 Å². The Labute approximate surface area is 121 Å². The second kappa shape index (κ2) is 6.68. The highest BCUT2D eigenvalue weighted by atomic mass is 79.9. The molecule has 1 aliphatic heterocycles. The van der Waals surface area contributed by atoms with E-state index in [1.165, 1.54) is 6.07 Å². The normalized spacial score (nSPS) is 18.5. The molecule has 1 fully saturated rings. The van der Waals surface area contributed by atoms with Gasteiger partial charge in [-0.1, -0.05) is 13.3 Å². The number of rotatable bonds is 4. The molecule has 19 heavy (non-hydrogen) atoms. The van der Waals surface area contributed by atoms with Crippen molar-refractivity contribution in [3.05, 3.63) is 28.0 Å². The molecule has 2 rings (SSSR count). The Morgan fingerprint density at radius 2 is 2.11 bits per heavy atom. The van der Waals surface area contributed by atoms with E-state index < -0.39 is 0 Å². The van der Waals surface area contributed by atoms with Gasteiger partial charge in [0.15, 0.2) is 0 Å². The van der Waals surface area contributed by atoms with Gasteiger partial charge in [0.25, 0.3) is 0 Å². The molecule has 5 heteroatoms. The summed E-state index contributed by atoms with van der Waals surface area (Å²) in [6.45, 7) is 5.68. The van der Waals surface area contributed by atoms with Crippen molar-refractivity contribution in [1.82, 2.24) is 10.2 Å². The number of halogens is 2. The second-order valence-corrected chi connectivity index (χ2v) is 5.74. The zero-order valence-corrected chi connectivity index (χ0v) is 12.7. The summed E-state index contributed by atoms with van der Waals surface area (Å²) in [5.74, 6) is -0.283. The average Bonchev–Trinajstić information content (AvgIpc) is 2.43. The van der Waals surface area contributed by atoms with E-state index in [1.54, 1.807) is 6.07 Å². The van der Waals surface area contributed by atoms with E-state index in [1.807, 2.05) is 0 Å². The molecule has 2 N–H and O–H groups in total. The second-order valence-electron chi connectivity index (χ2n) is 4.88. The topological polar surface area (TPSA) is 35.5 Å². The standard InChI is InChI=1S/C14H20BrFN2O/c1-2-3-12(18-8-6-17-7-9-18)13-11(16)5-4-10(15)14(13)19/h4-5,12,17,19H,2-3,6-9H2,1H3/t12-/m1/s1. The third-order valence-corrected chi connectivity index (χ3v) is 4.24. The Bertz CT molecular complexity index is 436. The molecule has 3 nitrogen and oxygen atoms in total. The number of piperazine rings is 1. The molecule has 1 aromatic rings. The fraction of sp³-hybridized carbons (Fsp3) is 0.571. The monoisotopic (exact) mass is 330 g/mol. The van der Waals surface area contributed by atoms with Gasteiger partial charge in [-0.15, -0.1) is 0 Å². The first kappa shape index (κ1) is 14.8. The van der Waals surface area contributed by atoms with Crippen LogP contribution in [0.1, 0.15) is 31.4 Å². The molecule has 0 radical (unpaired) electrons. The van der Waals surface area contributed by atoms with E-state index in [-0.39, 0.29) is 17.6 Å². The van der Waals surface area contributed by atoms with Crippen molar-refractivity contribution in [2.24, 2.45) is 0 Å². The van der Waals surface area contributed by atoms with E-state index in [2.05, 4.69) is 33.1 Å². The highest BCUT2D eigenvalue weighted by Crippen LogP contribution is 2.38. The molecule has 0 aromatic heterocycles. The maximum atomic E-state index is 14.1. The molecule has 0 bridgehead atoms. The molecular weight excluding hydrogens is 311 g/mol. The molecular formula is C14H20BrFN2O. The molecule has 0 spiro atoms. The molecule has 1 aromatic carbocycles. The zero-order chi connectivity index (χ0) is 13.8. The summed E-state index contributed by atoms with van der Waals surface area (Å²) in [6.07, 6.45) is 1.81. The van der Waals surface area contributed by atoms with Crippen LogP contribution in [0.2, 0.25) is 0 Å². The number of nitrogens with zero attached hydrogens (tertiary/aromatic N) is 1. The predicted octanol–water partition coefficient (Wildman–Crippen LogP) is 3.04. The summed E-state index contributed by atoms with van der Waals surface area (Å²) >= 11 is 3.28. The van der Waals surface area contributed by atoms with E-state index >= 15 is 0 Å². The lowest BCUT2D eigenvalue weighted by Gasteiger charge is -2.35. The van der Waals surface area contributed by atoms with Gasteiger partial charge in [0.2, 0.25) is 0 Å². The molecule has 0 saturated carbocycles. The van der Waals surface area contributed by atoms with Crippen LogP contribution in [-0.2, 0) is 0 Å². The molecule has 1 atom stereocenters. The quantitative estimate of drug-likeness (QED) is 0.890. The van der Waals surface area contributed by atoms with Crippen molar-refractivity contribution in [2.75, 3.05) is 26.2 Å². The number of aromatic hydroxyl groups is 1. The Hall–Kier alpha value is -0.650. The van der Waals surface area contributed by atoms with Crippen LogP contribution in [0.5, 0.6) is 5.75 Å². The Morgan fingerprint density at radius 3 is 2.74 bits per heavy atom. The fourth-order valence-corrected chi connectivity index (χ4v) is 3.00. The number of hydrogen-bond acceptors (Lipinski definition) is 3. The van der Waals surface area contributed by atoms with Gasteiger partial charge in [-0.05, 0) is 34.5 Å². The van der Waals surface area contributed by atoms with E-state index in [0.29, 0.717) is 10.0 Å². The summed E-state index contributed by atoms with van der Waals surface area (Å²) in [7, 11) is 0. The lowest BCUT2D eigenvalue weighted by atomic mass is 9.98. The van der Waals surface area contributed by atoms with Crippen molar-refractivity contribution in [3.8, 4) is 5.75 Å². The SMILES string of the molecule is CCC[C@H](c1c(F)ccc(Br)c1O)N1CCNCC1. The van der Waals surface area contributed by atoms with Crippen LogP contribution in [0.25, 0.3) is 0 Å². The fourth-order valence-electron chi connectivity index (χ4n) is 2.65. The predicted molar refractivity (Wildman–Crippen MR) is 77.9 cm³/mol. The summed E-state index contributed by atoms with van der Waals surface area (Å²) in [5, 5.41) is 13.5. The van der Waals surface area contributed by atoms with Crippen molar-refractivity contribution in [3.63, 3.8) is 0 Å². The first-order valence-electron chi connectivity index (χ1n) is 6.76. The average molecular weight is 331 g/mol. The van der Waals surface area contributed by atoms with Crippen LogP contribution in [-0.4, -0.2) is 36.2 Å². The first-order valence-corrected chi connectivity index (χ1v) is 7.56. The zero-order valence-electron chi connectivity index (χ0n) is 11.1. The van der Waals surface area contributed by atoms with E-state index in [0.717, 1.165) is 39.0 Å². The minimum Gasteiger partial charge on any atom is -0.506 e. The third kappa shape index (κ3) is 3.27. The van der Waals surface area contributed by atoms with Gasteiger partial charge >= 0.3 is 0 Å². The summed E-state index contributed by atoms with van der Waals surface area (Å²) in [5.41, 5.74) is 0.429. The van der Waals surface area contributed by atoms with Gasteiger partial charge in [-0.2, -0.15) is 0 Å². The molecule has 1 aliphatic rings. The molecule has 0 aliphatic carbocycles. The lowest BCUT2D eigenvalue weighted by Crippen LogP contribution is -2.45. The Morgan fingerprint density at radius 1 is 1.42 bits per heavy atom. The third-order valence-electron chi connectivity index (χ3n) is 3.60. The van der Waals surface area contributed by atoms with Crippen LogP contribution < -0.4 is 5.32 Å². The number of nitrogens with one attached hydrogen (secondary N) is 1. The number of hydrogen-bond donors (Lipinski definition) is 2. The molecule has 0 unspecified atom stereocenters. The molecule has 1 heterocycles. The van der Waals surface area contributed by atoms with Gasteiger partial charge in [0.1, 0.15) is 11.6 Å². The first-order chi connectivity index (χ1) is 9.15. The Balaban J connectivity index is 2.35. The van der Waals surface area contributed by atoms with Gasteiger partial charge in [0, 0.05) is 37.8 Å². The van der Waals surface area contributed by atoms with Crippen molar-refractivity contribution < 1.29 is 9.50 Å². The van der Waals surface area contributed by atoms with Gasteiger partial charge < -0.3 is 10.4 Å². The summed E-state index contributed by atoms with van der Waals surface area (Å²) in [4.78, 5) is 2.25. The van der Waals surface area contributed by atoms with E-state index in [4.69, 9.17) is 0 Å². The maximum Gasteiger partial charge on any atom is 0.137 e. The largest absolute Gasteiger partial charge is 0.506 e. The van der Waals surface area contributed by atoms with Crippen LogP contribution in [0.15, 0.2) is 16.6 Å². The smallest absolute Gasteiger partial charge is 0.137 e. The van der Waals surface area contributed by atoms with Crippen molar-refractivity contribution >= 4 is 15.9 Å². The van der Waals surface area contributed by atoms with Crippen molar-refractivity contribution in [1.29, 1.82) is 0 Å². The van der Waals surface area contributed by atoms with Crippen LogP contribution in [0, 0.1) is 5.82 Å². The minimum atomic E-state index is -0.322. The number of benzene rings is 1. The Kier molecular flexibility index (Phi) is 5.19. The number of phenolic OH excluding ortho intramolecular Hbond substituents is 1. The van der Waals surface area contributed by atoms with Crippen LogP contribution in [0.4, 0.5) is 4.39 Å². The van der Waals surface area contributed by atoms with Gasteiger partial charge in [0.05, 0.1) is 4.47 Å². The lowest BCUT2D eigenvalue weighted by molar-refractivity contribution is 0.158. The molecule has 0 amide bonds. The summed E-state index contributed by atoms with van der Waals surface area (Å²) in [6, 6.07) is 2.92. The van der Waals surface area contributed by atoms with Crippen LogP contribution >= 0.6 is 15.9 Å². The highest BCUT2D eigenvalue weighted by Gasteiger charge is 2.27. The molecule has 106 valence electrons. The van der Waals surface area contributed by atoms with Gasteiger partial charge in [-0.3, -0.25) is 4.90 Å².